The van der Waals surface area contributed by atoms with E-state index in [9.17, 15) is 19.2 Å². The number of carbonyl (C=O) groups excluding carboxylic acids is 4. The molecule has 23 heavy (non-hydrogen) atoms. The maximum Gasteiger partial charge on any atom is 0.328 e. The molecule has 0 radical (unpaired) electrons. The minimum Gasteiger partial charge on any atom is -0.469 e. The molecule has 1 rings (SSSR count). The molecule has 0 aliphatic carbocycles. The van der Waals surface area contributed by atoms with Crippen LogP contribution in [0.25, 0.3) is 0 Å². The second-order valence-corrected chi connectivity index (χ2v) is 7.11. The highest BCUT2D eigenvalue weighted by Crippen LogP contribution is 2.37. The van der Waals surface area contributed by atoms with Crippen molar-refractivity contribution in [2.75, 3.05) is 20.0 Å². The van der Waals surface area contributed by atoms with Crippen molar-refractivity contribution in [3.8, 4) is 0 Å². The first-order chi connectivity index (χ1) is 10.8. The third kappa shape index (κ3) is 4.85. The molecule has 1 aliphatic heterocycles. The molecule has 8 nitrogen and oxygen atoms in total. The highest BCUT2D eigenvalue weighted by Gasteiger charge is 2.43. The summed E-state index contributed by atoms with van der Waals surface area (Å²) in [6.45, 7) is 3.68. The zero-order chi connectivity index (χ0) is 17.6. The van der Waals surface area contributed by atoms with E-state index in [1.807, 2.05) is 13.8 Å². The lowest BCUT2D eigenvalue weighted by molar-refractivity contribution is -0.147. The van der Waals surface area contributed by atoms with Crippen molar-refractivity contribution in [2.24, 2.45) is 0 Å². The van der Waals surface area contributed by atoms with Crippen LogP contribution in [0.1, 0.15) is 26.7 Å². The molecule has 0 spiro atoms. The van der Waals surface area contributed by atoms with Crippen LogP contribution in [0.2, 0.25) is 0 Å². The number of methoxy groups -OCH3 is 2. The van der Waals surface area contributed by atoms with Gasteiger partial charge in [0.1, 0.15) is 12.1 Å². The average Bonchev–Trinajstić information content (AvgIpc) is 2.84. The number of nitrogens with zero attached hydrogens (tertiary/aromatic N) is 1. The van der Waals surface area contributed by atoms with Crippen LogP contribution in [-0.2, 0) is 28.7 Å². The number of thioether (sulfide) groups is 1. The Bertz CT molecular complexity index is 482. The molecule has 1 N–H and O–H groups in total. The summed E-state index contributed by atoms with van der Waals surface area (Å²) >= 11 is 1.48. The molecule has 9 heteroatoms. The highest BCUT2D eigenvalue weighted by atomic mass is 32.2. The third-order valence-corrected chi connectivity index (χ3v) is 5.03. The van der Waals surface area contributed by atoms with Gasteiger partial charge in [-0.3, -0.25) is 14.4 Å². The summed E-state index contributed by atoms with van der Waals surface area (Å²) < 4.78 is 9.16. The molecule has 1 heterocycles. The number of carbonyl (C=O) groups is 4. The van der Waals surface area contributed by atoms with Gasteiger partial charge in [-0.1, -0.05) is 0 Å². The van der Waals surface area contributed by atoms with Crippen LogP contribution in [-0.4, -0.2) is 66.1 Å². The summed E-state index contributed by atoms with van der Waals surface area (Å²) in [4.78, 5) is 47.5. The molecule has 2 atom stereocenters. The van der Waals surface area contributed by atoms with Gasteiger partial charge in [0.05, 0.1) is 19.1 Å². The topological polar surface area (TPSA) is 102 Å². The van der Waals surface area contributed by atoms with E-state index in [0.29, 0.717) is 12.2 Å². The van der Waals surface area contributed by atoms with E-state index in [1.54, 1.807) is 0 Å². The maximum atomic E-state index is 12.4. The van der Waals surface area contributed by atoms with Crippen LogP contribution in [0.5, 0.6) is 0 Å². The first-order valence-electron chi connectivity index (χ1n) is 7.09. The molecule has 1 saturated heterocycles. The normalized spacial score (nSPS) is 20.5. The lowest BCUT2D eigenvalue weighted by Crippen LogP contribution is -2.53. The summed E-state index contributed by atoms with van der Waals surface area (Å²) in [5, 5.41) is 2.56. The molecule has 1 aliphatic rings. The fourth-order valence-electron chi connectivity index (χ4n) is 2.24. The van der Waals surface area contributed by atoms with Crippen LogP contribution in [0.4, 0.5) is 0 Å². The van der Waals surface area contributed by atoms with Gasteiger partial charge in [-0.2, -0.15) is 0 Å². The molecule has 0 saturated carbocycles. The second kappa shape index (κ2) is 8.19. The standard InChI is InChI=1S/C14H22N2O6S/c1-14(2)16(8-17)10(7-23-14)12(19)15-9(13(20)22-4)5-6-11(18)21-3/h8-10H,5-7H2,1-4H3,(H,15,19)/t9-,10+/m1/s1. The fourth-order valence-corrected chi connectivity index (χ4v) is 3.44. The number of nitrogens with one attached hydrogen (secondary N) is 1. The number of hydrogen-bond acceptors (Lipinski definition) is 7. The van der Waals surface area contributed by atoms with E-state index in [1.165, 1.54) is 30.9 Å². The summed E-state index contributed by atoms with van der Waals surface area (Å²) in [6, 6.07) is -1.63. The molecule has 2 amide bonds. The predicted molar refractivity (Wildman–Crippen MR) is 83.4 cm³/mol. The summed E-state index contributed by atoms with van der Waals surface area (Å²) in [6.07, 6.45) is 0.667. The highest BCUT2D eigenvalue weighted by molar-refractivity contribution is 8.00. The lowest BCUT2D eigenvalue weighted by atomic mass is 10.1. The van der Waals surface area contributed by atoms with E-state index >= 15 is 0 Å². The lowest BCUT2D eigenvalue weighted by Gasteiger charge is -2.30. The van der Waals surface area contributed by atoms with Gasteiger partial charge < -0.3 is 19.7 Å². The van der Waals surface area contributed by atoms with Gasteiger partial charge in [0.2, 0.25) is 12.3 Å². The zero-order valence-corrected chi connectivity index (χ0v) is 14.5. The third-order valence-electron chi connectivity index (χ3n) is 3.64. The Hall–Kier alpha value is -1.77. The number of ether oxygens (including phenoxy) is 2. The van der Waals surface area contributed by atoms with Crippen molar-refractivity contribution in [3.05, 3.63) is 0 Å². The molecule has 0 bridgehead atoms. The van der Waals surface area contributed by atoms with E-state index in [-0.39, 0.29) is 12.8 Å². The van der Waals surface area contributed by atoms with Gasteiger partial charge in [-0.15, -0.1) is 11.8 Å². The molecule has 0 aromatic carbocycles. The Labute approximate surface area is 139 Å². The Morgan fingerprint density at radius 3 is 2.52 bits per heavy atom. The summed E-state index contributed by atoms with van der Waals surface area (Å²) in [5.41, 5.74) is 0. The fraction of sp³-hybridized carbons (Fsp3) is 0.714. The number of amides is 2. The van der Waals surface area contributed by atoms with Crippen molar-refractivity contribution in [1.29, 1.82) is 0 Å². The Balaban J connectivity index is 2.75. The minimum atomic E-state index is -0.964. The van der Waals surface area contributed by atoms with Crippen LogP contribution < -0.4 is 5.32 Å². The molecular formula is C14H22N2O6S. The molecule has 0 aromatic heterocycles. The van der Waals surface area contributed by atoms with Gasteiger partial charge in [0.15, 0.2) is 0 Å². The van der Waals surface area contributed by atoms with Crippen molar-refractivity contribution < 1.29 is 28.7 Å². The number of rotatable bonds is 7. The van der Waals surface area contributed by atoms with E-state index in [2.05, 4.69) is 14.8 Å². The summed E-state index contributed by atoms with van der Waals surface area (Å²) in [7, 11) is 2.44. The monoisotopic (exact) mass is 346 g/mol. The first kappa shape index (κ1) is 19.3. The van der Waals surface area contributed by atoms with Gasteiger partial charge in [0, 0.05) is 12.2 Å². The van der Waals surface area contributed by atoms with Crippen molar-refractivity contribution in [2.45, 2.75) is 43.6 Å². The van der Waals surface area contributed by atoms with Crippen molar-refractivity contribution in [1.82, 2.24) is 10.2 Å². The minimum absolute atomic E-state index is 0.0289. The molecule has 130 valence electrons. The Kier molecular flexibility index (Phi) is 6.86. The molecule has 0 unspecified atom stereocenters. The molecule has 0 aromatic rings. The number of hydrogen-bond donors (Lipinski definition) is 1. The van der Waals surface area contributed by atoms with Crippen molar-refractivity contribution in [3.63, 3.8) is 0 Å². The van der Waals surface area contributed by atoms with Crippen LogP contribution in [0.15, 0.2) is 0 Å². The summed E-state index contributed by atoms with van der Waals surface area (Å²) in [5.74, 6) is -1.15. The average molecular weight is 346 g/mol. The maximum absolute atomic E-state index is 12.4. The van der Waals surface area contributed by atoms with Crippen molar-refractivity contribution >= 4 is 36.0 Å². The second-order valence-electron chi connectivity index (χ2n) is 5.49. The van der Waals surface area contributed by atoms with Crippen LogP contribution in [0, 0.1) is 0 Å². The molecular weight excluding hydrogens is 324 g/mol. The molecule has 1 fully saturated rings. The van der Waals surface area contributed by atoms with Gasteiger partial charge in [-0.05, 0) is 20.3 Å². The number of esters is 2. The van der Waals surface area contributed by atoms with Gasteiger partial charge in [-0.25, -0.2) is 4.79 Å². The quantitative estimate of drug-likeness (QED) is 0.507. The largest absolute Gasteiger partial charge is 0.469 e. The Morgan fingerprint density at radius 2 is 2.00 bits per heavy atom. The van der Waals surface area contributed by atoms with E-state index in [4.69, 9.17) is 0 Å². The van der Waals surface area contributed by atoms with Gasteiger partial charge in [0.25, 0.3) is 0 Å². The zero-order valence-electron chi connectivity index (χ0n) is 13.7. The van der Waals surface area contributed by atoms with E-state index in [0.717, 1.165) is 0 Å². The smallest absolute Gasteiger partial charge is 0.328 e. The first-order valence-corrected chi connectivity index (χ1v) is 8.08. The Morgan fingerprint density at radius 1 is 1.35 bits per heavy atom. The SMILES string of the molecule is COC(=O)CC[C@@H](NC(=O)[C@@H]1CSC(C)(C)N1C=O)C(=O)OC. The van der Waals surface area contributed by atoms with Crippen LogP contribution in [0.3, 0.4) is 0 Å². The predicted octanol–water partition coefficient (Wildman–Crippen LogP) is -0.0927. The van der Waals surface area contributed by atoms with E-state index < -0.39 is 34.8 Å². The van der Waals surface area contributed by atoms with Gasteiger partial charge >= 0.3 is 11.9 Å². The van der Waals surface area contributed by atoms with Crippen LogP contribution >= 0.6 is 11.8 Å².